The lowest BCUT2D eigenvalue weighted by atomic mass is 9.86. The van der Waals surface area contributed by atoms with Crippen LogP contribution in [0.25, 0.3) is 0 Å². The molecule has 0 aromatic rings. The standard InChI is InChI=1S/C10H14.C2H6/c1-2-6-10-8-4-3-7-9(10)5-1;1-2/h1,5H,2-4,6-8H2;1-2H3. The van der Waals surface area contributed by atoms with Crippen LogP contribution >= 0.6 is 0 Å². The minimum Gasteiger partial charge on any atom is -0.0839 e. The largest absolute Gasteiger partial charge is 0.0839 e. The molecular formula is C12H20. The van der Waals surface area contributed by atoms with Gasteiger partial charge in [-0.05, 0) is 44.1 Å². The van der Waals surface area contributed by atoms with Gasteiger partial charge in [0.05, 0.1) is 0 Å². The average Bonchev–Trinajstić information content (AvgIpc) is 2.21. The monoisotopic (exact) mass is 164 g/mol. The minimum absolute atomic E-state index is 1.29. The Bertz CT molecular complexity index is 184. The Labute approximate surface area is 76.4 Å². The van der Waals surface area contributed by atoms with Gasteiger partial charge in [0.25, 0.3) is 0 Å². The molecule has 0 radical (unpaired) electrons. The summed E-state index contributed by atoms with van der Waals surface area (Å²) in [5.74, 6) is 0. The molecule has 0 unspecified atom stereocenters. The zero-order chi connectivity index (χ0) is 8.81. The van der Waals surface area contributed by atoms with Crippen LogP contribution in [0.4, 0.5) is 0 Å². The Morgan fingerprint density at radius 1 is 1.00 bits per heavy atom. The van der Waals surface area contributed by atoms with E-state index in [0.29, 0.717) is 0 Å². The van der Waals surface area contributed by atoms with Crippen LogP contribution in [0.2, 0.25) is 0 Å². The van der Waals surface area contributed by atoms with Gasteiger partial charge in [-0.2, -0.15) is 0 Å². The molecule has 0 saturated heterocycles. The SMILES string of the molecule is C1=CC2=C(CC1)CCCC2.CC. The smallest absolute Gasteiger partial charge is 0.0279 e. The maximum absolute atomic E-state index is 2.35. The Hall–Kier alpha value is -0.520. The predicted molar refractivity (Wildman–Crippen MR) is 55.2 cm³/mol. The van der Waals surface area contributed by atoms with Gasteiger partial charge in [-0.15, -0.1) is 0 Å². The topological polar surface area (TPSA) is 0 Å². The van der Waals surface area contributed by atoms with Crippen molar-refractivity contribution in [3.05, 3.63) is 23.3 Å². The fourth-order valence-corrected chi connectivity index (χ4v) is 1.96. The van der Waals surface area contributed by atoms with Crippen LogP contribution in [0.1, 0.15) is 52.4 Å². The summed E-state index contributed by atoms with van der Waals surface area (Å²) >= 11 is 0. The summed E-state index contributed by atoms with van der Waals surface area (Å²) in [7, 11) is 0. The van der Waals surface area contributed by atoms with Crippen molar-refractivity contribution >= 4 is 0 Å². The number of rotatable bonds is 0. The van der Waals surface area contributed by atoms with Crippen molar-refractivity contribution in [2.45, 2.75) is 52.4 Å². The molecule has 0 amide bonds. The van der Waals surface area contributed by atoms with E-state index in [1.165, 1.54) is 38.5 Å². The van der Waals surface area contributed by atoms with E-state index >= 15 is 0 Å². The van der Waals surface area contributed by atoms with Gasteiger partial charge in [0.1, 0.15) is 0 Å². The molecule has 0 saturated carbocycles. The normalized spacial score (nSPS) is 21.2. The molecule has 0 aromatic heterocycles. The molecule has 2 aliphatic carbocycles. The fourth-order valence-electron chi connectivity index (χ4n) is 1.96. The summed E-state index contributed by atoms with van der Waals surface area (Å²) in [4.78, 5) is 0. The molecule has 68 valence electrons. The van der Waals surface area contributed by atoms with Gasteiger partial charge in [0.15, 0.2) is 0 Å². The van der Waals surface area contributed by atoms with Crippen molar-refractivity contribution in [2.24, 2.45) is 0 Å². The molecule has 0 heterocycles. The van der Waals surface area contributed by atoms with E-state index in [0.717, 1.165) is 0 Å². The summed E-state index contributed by atoms with van der Waals surface area (Å²) in [6.07, 6.45) is 12.9. The summed E-state index contributed by atoms with van der Waals surface area (Å²) in [5, 5.41) is 0. The van der Waals surface area contributed by atoms with E-state index in [-0.39, 0.29) is 0 Å². The quantitative estimate of drug-likeness (QED) is 0.502. The van der Waals surface area contributed by atoms with Crippen molar-refractivity contribution in [3.63, 3.8) is 0 Å². The molecule has 12 heavy (non-hydrogen) atoms. The Morgan fingerprint density at radius 3 is 2.50 bits per heavy atom. The zero-order valence-electron chi connectivity index (χ0n) is 8.40. The molecular weight excluding hydrogens is 144 g/mol. The minimum atomic E-state index is 1.29. The Kier molecular flexibility index (Phi) is 4.13. The van der Waals surface area contributed by atoms with Crippen molar-refractivity contribution in [3.8, 4) is 0 Å². The van der Waals surface area contributed by atoms with Gasteiger partial charge >= 0.3 is 0 Å². The molecule has 2 aliphatic rings. The Balaban J connectivity index is 0.000000336. The van der Waals surface area contributed by atoms with Crippen LogP contribution in [0, 0.1) is 0 Å². The number of allylic oxidation sites excluding steroid dienone is 4. The number of hydrogen-bond donors (Lipinski definition) is 0. The van der Waals surface area contributed by atoms with E-state index in [9.17, 15) is 0 Å². The summed E-state index contributed by atoms with van der Waals surface area (Å²) in [6.45, 7) is 4.00. The van der Waals surface area contributed by atoms with Crippen LogP contribution < -0.4 is 0 Å². The maximum Gasteiger partial charge on any atom is -0.0279 e. The van der Waals surface area contributed by atoms with Crippen molar-refractivity contribution < 1.29 is 0 Å². The second-order valence-electron chi connectivity index (χ2n) is 3.28. The molecule has 0 atom stereocenters. The number of hydrogen-bond acceptors (Lipinski definition) is 0. The third-order valence-corrected chi connectivity index (χ3v) is 2.56. The van der Waals surface area contributed by atoms with Gasteiger partial charge in [0.2, 0.25) is 0 Å². The molecule has 0 heteroatoms. The van der Waals surface area contributed by atoms with Crippen LogP contribution in [0.15, 0.2) is 23.3 Å². The van der Waals surface area contributed by atoms with E-state index < -0.39 is 0 Å². The highest BCUT2D eigenvalue weighted by atomic mass is 14.2. The van der Waals surface area contributed by atoms with E-state index in [1.54, 1.807) is 11.1 Å². The zero-order valence-corrected chi connectivity index (χ0v) is 8.40. The first-order valence-corrected chi connectivity index (χ1v) is 5.34. The summed E-state index contributed by atoms with van der Waals surface area (Å²) < 4.78 is 0. The second kappa shape index (κ2) is 5.18. The third kappa shape index (κ3) is 2.23. The van der Waals surface area contributed by atoms with Gasteiger partial charge in [-0.25, -0.2) is 0 Å². The second-order valence-corrected chi connectivity index (χ2v) is 3.28. The summed E-state index contributed by atoms with van der Waals surface area (Å²) in [6, 6.07) is 0. The highest BCUT2D eigenvalue weighted by Gasteiger charge is 2.11. The molecule has 0 aromatic carbocycles. The van der Waals surface area contributed by atoms with Crippen LogP contribution in [-0.4, -0.2) is 0 Å². The molecule has 0 fully saturated rings. The van der Waals surface area contributed by atoms with Gasteiger partial charge in [0, 0.05) is 0 Å². The first kappa shape index (κ1) is 9.57. The van der Waals surface area contributed by atoms with Gasteiger partial charge < -0.3 is 0 Å². The average molecular weight is 164 g/mol. The van der Waals surface area contributed by atoms with E-state index in [1.807, 2.05) is 13.8 Å². The fraction of sp³-hybridized carbons (Fsp3) is 0.667. The van der Waals surface area contributed by atoms with E-state index in [2.05, 4.69) is 12.2 Å². The van der Waals surface area contributed by atoms with Gasteiger partial charge in [-0.3, -0.25) is 0 Å². The van der Waals surface area contributed by atoms with Gasteiger partial charge in [-0.1, -0.05) is 31.6 Å². The lowest BCUT2D eigenvalue weighted by Gasteiger charge is -2.20. The first-order valence-electron chi connectivity index (χ1n) is 5.34. The molecule has 0 nitrogen and oxygen atoms in total. The summed E-state index contributed by atoms with van der Waals surface area (Å²) in [5.41, 5.74) is 3.42. The first-order chi connectivity index (χ1) is 5.97. The van der Waals surface area contributed by atoms with Crippen molar-refractivity contribution in [1.82, 2.24) is 0 Å². The van der Waals surface area contributed by atoms with Crippen LogP contribution in [0.3, 0.4) is 0 Å². The predicted octanol–water partition coefficient (Wildman–Crippen LogP) is 4.23. The van der Waals surface area contributed by atoms with Crippen LogP contribution in [-0.2, 0) is 0 Å². The Morgan fingerprint density at radius 2 is 1.75 bits per heavy atom. The molecule has 2 rings (SSSR count). The molecule has 0 bridgehead atoms. The lowest BCUT2D eigenvalue weighted by molar-refractivity contribution is 0.650. The lowest BCUT2D eigenvalue weighted by Crippen LogP contribution is -2.00. The highest BCUT2D eigenvalue weighted by Crippen LogP contribution is 2.31. The van der Waals surface area contributed by atoms with Crippen LogP contribution in [0.5, 0.6) is 0 Å². The highest BCUT2D eigenvalue weighted by molar-refractivity contribution is 5.30. The van der Waals surface area contributed by atoms with E-state index in [4.69, 9.17) is 0 Å². The van der Waals surface area contributed by atoms with Crippen molar-refractivity contribution in [2.75, 3.05) is 0 Å². The third-order valence-electron chi connectivity index (χ3n) is 2.56. The van der Waals surface area contributed by atoms with Crippen molar-refractivity contribution in [1.29, 1.82) is 0 Å². The molecule has 0 aliphatic heterocycles. The maximum atomic E-state index is 2.35. The molecule has 0 N–H and O–H groups in total. The molecule has 0 spiro atoms.